The zero-order valence-electron chi connectivity index (χ0n) is 26.9. The molecule has 15 heteroatoms. The van der Waals surface area contributed by atoms with Crippen LogP contribution in [-0.2, 0) is 28.9 Å². The van der Waals surface area contributed by atoms with Crippen LogP contribution in [0.3, 0.4) is 0 Å². The molecule has 8 N–H and O–H groups in total. The lowest BCUT2D eigenvalue weighted by atomic mass is 9.98. The normalized spacial score (nSPS) is 25.0. The number of aliphatic hydroxyl groups is 6. The van der Waals surface area contributed by atoms with Crippen molar-refractivity contribution in [1.82, 2.24) is 5.32 Å². The third-order valence-corrected chi connectivity index (χ3v) is 8.51. The summed E-state index contributed by atoms with van der Waals surface area (Å²) in [4.78, 5) is 12.4. The zero-order chi connectivity index (χ0) is 33.8. The van der Waals surface area contributed by atoms with E-state index in [1.54, 1.807) is 0 Å². The van der Waals surface area contributed by atoms with Crippen molar-refractivity contribution >= 4 is 16.3 Å². The first kappa shape index (κ1) is 42.0. The summed E-state index contributed by atoms with van der Waals surface area (Å²) in [6, 6.07) is 0. The van der Waals surface area contributed by atoms with Crippen LogP contribution >= 0.6 is 0 Å². The topological polar surface area (TPSA) is 233 Å². The third-order valence-electron chi connectivity index (χ3n) is 8.07. The zero-order valence-corrected chi connectivity index (χ0v) is 27.7. The highest BCUT2D eigenvalue weighted by molar-refractivity contribution is 7.80. The van der Waals surface area contributed by atoms with E-state index in [0.29, 0.717) is 6.42 Å². The summed E-state index contributed by atoms with van der Waals surface area (Å²) in [6.45, 7) is 2.72. The molecule has 0 aromatic rings. The molecule has 45 heavy (non-hydrogen) atoms. The van der Waals surface area contributed by atoms with E-state index in [4.69, 9.17) is 14.0 Å². The fraction of sp³-hybridized carbons (Fsp3) is 0.967. The fourth-order valence-corrected chi connectivity index (χ4v) is 5.58. The van der Waals surface area contributed by atoms with Gasteiger partial charge in [0.05, 0.1) is 12.7 Å². The Hall–Kier alpha value is -0.980. The second kappa shape index (κ2) is 23.4. The van der Waals surface area contributed by atoms with E-state index in [9.17, 15) is 43.9 Å². The maximum atomic E-state index is 12.4. The Balaban J connectivity index is 2.32. The van der Waals surface area contributed by atoms with Crippen molar-refractivity contribution in [3.05, 3.63) is 0 Å². The molecule has 268 valence electrons. The van der Waals surface area contributed by atoms with Crippen molar-refractivity contribution in [2.75, 3.05) is 13.2 Å². The number of amides is 1. The van der Waals surface area contributed by atoms with Crippen LogP contribution in [0.1, 0.15) is 117 Å². The van der Waals surface area contributed by atoms with Crippen LogP contribution < -0.4 is 5.32 Å². The summed E-state index contributed by atoms with van der Waals surface area (Å²) in [5.41, 5.74) is 0. The predicted octanol–water partition coefficient (Wildman–Crippen LogP) is 1.48. The monoisotopic (exact) mass is 673 g/mol. The van der Waals surface area contributed by atoms with Gasteiger partial charge in [-0.15, -0.1) is 0 Å². The van der Waals surface area contributed by atoms with Crippen molar-refractivity contribution in [3.63, 3.8) is 0 Å². The van der Waals surface area contributed by atoms with Gasteiger partial charge >= 0.3 is 10.4 Å². The largest absolute Gasteiger partial charge is 0.397 e. The lowest BCUT2D eigenvalue weighted by Crippen LogP contribution is -2.61. The van der Waals surface area contributed by atoms with E-state index in [-0.39, 0.29) is 6.54 Å². The SMILES string of the molecule is CCCCCCCCCCCCCCCCCCNC(=O)[C@H](O)[C@@H](O)[C@H](O[C@@H]1OC(COS(=O)(=O)O)[C@H](O)[C@H](O)C1O)[C@@H](C)O. The Morgan fingerprint density at radius 1 is 0.778 bits per heavy atom. The minimum atomic E-state index is -4.92. The van der Waals surface area contributed by atoms with Gasteiger partial charge in [-0.2, -0.15) is 8.42 Å². The molecule has 0 spiro atoms. The first-order valence-electron chi connectivity index (χ1n) is 16.6. The first-order chi connectivity index (χ1) is 21.3. The number of unbranched alkanes of at least 4 members (excludes halogenated alkanes) is 15. The second-order valence-electron chi connectivity index (χ2n) is 12.1. The molecule has 1 saturated heterocycles. The van der Waals surface area contributed by atoms with Gasteiger partial charge in [-0.05, 0) is 13.3 Å². The molecule has 9 atom stereocenters. The van der Waals surface area contributed by atoms with Gasteiger partial charge in [0.1, 0.15) is 36.6 Å². The molecule has 1 aliphatic heterocycles. The Labute approximate surface area is 268 Å². The summed E-state index contributed by atoms with van der Waals surface area (Å²) in [5, 5.41) is 64.1. The number of aliphatic hydroxyl groups excluding tert-OH is 6. The van der Waals surface area contributed by atoms with Gasteiger partial charge < -0.3 is 45.4 Å². The number of rotatable bonds is 26. The first-order valence-corrected chi connectivity index (χ1v) is 18.0. The van der Waals surface area contributed by atoms with E-state index in [0.717, 1.165) is 19.3 Å². The summed E-state index contributed by atoms with van der Waals surface area (Å²) in [5.74, 6) is -0.905. The Morgan fingerprint density at radius 2 is 1.24 bits per heavy atom. The molecular formula is C30H59NO13S. The van der Waals surface area contributed by atoms with Gasteiger partial charge in [0.25, 0.3) is 5.91 Å². The summed E-state index contributed by atoms with van der Waals surface area (Å²) in [7, 11) is -4.92. The van der Waals surface area contributed by atoms with Crippen LogP contribution in [0.25, 0.3) is 0 Å². The molecule has 0 aromatic heterocycles. The number of hydrogen-bond donors (Lipinski definition) is 8. The molecule has 1 heterocycles. The Bertz CT molecular complexity index is 878. The molecule has 1 fully saturated rings. The van der Waals surface area contributed by atoms with Gasteiger partial charge in [-0.3, -0.25) is 9.35 Å². The molecule has 0 aromatic carbocycles. The molecular weight excluding hydrogens is 614 g/mol. The molecule has 0 aliphatic carbocycles. The van der Waals surface area contributed by atoms with E-state index in [1.807, 2.05) is 0 Å². The van der Waals surface area contributed by atoms with Crippen molar-refractivity contribution in [2.45, 2.75) is 172 Å². The van der Waals surface area contributed by atoms with Gasteiger partial charge in [-0.25, -0.2) is 4.18 Å². The molecule has 0 saturated carbocycles. The summed E-state index contributed by atoms with van der Waals surface area (Å²) >= 11 is 0. The molecule has 0 radical (unpaired) electrons. The van der Waals surface area contributed by atoms with Crippen LogP contribution in [-0.4, -0.2) is 118 Å². The van der Waals surface area contributed by atoms with Crippen LogP contribution in [0.15, 0.2) is 0 Å². The molecule has 2 unspecified atom stereocenters. The van der Waals surface area contributed by atoms with Crippen molar-refractivity contribution in [2.24, 2.45) is 0 Å². The van der Waals surface area contributed by atoms with Gasteiger partial charge in [-0.1, -0.05) is 103 Å². The smallest absolute Gasteiger partial charge is 0.391 e. The Kier molecular flexibility index (Phi) is 21.8. The van der Waals surface area contributed by atoms with Crippen LogP contribution in [0.5, 0.6) is 0 Å². The van der Waals surface area contributed by atoms with E-state index >= 15 is 0 Å². The van der Waals surface area contributed by atoms with Crippen LogP contribution in [0, 0.1) is 0 Å². The fourth-order valence-electron chi connectivity index (χ4n) is 5.28. The van der Waals surface area contributed by atoms with Gasteiger partial charge in [0.15, 0.2) is 12.4 Å². The predicted molar refractivity (Wildman–Crippen MR) is 165 cm³/mol. The average molecular weight is 674 g/mol. The minimum Gasteiger partial charge on any atom is -0.391 e. The highest BCUT2D eigenvalue weighted by Crippen LogP contribution is 2.25. The number of nitrogens with one attached hydrogen (secondary N) is 1. The average Bonchev–Trinajstić information content (AvgIpc) is 2.99. The summed E-state index contributed by atoms with van der Waals surface area (Å²) in [6.07, 6.45) is 2.96. The van der Waals surface area contributed by atoms with Crippen LogP contribution in [0.2, 0.25) is 0 Å². The molecule has 1 aliphatic rings. The Morgan fingerprint density at radius 3 is 1.69 bits per heavy atom. The summed E-state index contributed by atoms with van der Waals surface area (Å²) < 4.78 is 45.2. The van der Waals surface area contributed by atoms with Crippen molar-refractivity contribution in [3.8, 4) is 0 Å². The van der Waals surface area contributed by atoms with Crippen molar-refractivity contribution < 1.29 is 62.1 Å². The van der Waals surface area contributed by atoms with E-state index < -0.39 is 78.0 Å². The van der Waals surface area contributed by atoms with E-state index in [2.05, 4.69) is 16.4 Å². The molecule has 1 amide bonds. The standard InChI is InChI=1S/C30H59NO13S/c1-3-4-5-6-7-8-9-10-11-12-13-14-15-16-17-18-19-31-29(38)26(36)25(35)28(21(2)32)44-30-27(37)24(34)23(33)22(43-30)20-42-45(39,40)41/h21-28,30,32-37H,3-20H2,1-2H3,(H,31,38)(H,39,40,41)/t21-,22?,23+,24+,25-,26-,27?,28-,30+/m1/s1. The number of carbonyl (C=O) groups is 1. The third kappa shape index (κ3) is 17.7. The number of hydrogen-bond acceptors (Lipinski definition) is 12. The number of ether oxygens (including phenoxy) is 2. The maximum absolute atomic E-state index is 12.4. The molecule has 0 bridgehead atoms. The van der Waals surface area contributed by atoms with Gasteiger partial charge in [0, 0.05) is 6.54 Å². The highest BCUT2D eigenvalue weighted by Gasteiger charge is 2.47. The maximum Gasteiger partial charge on any atom is 0.397 e. The quantitative estimate of drug-likeness (QED) is 0.0481. The van der Waals surface area contributed by atoms with Gasteiger partial charge in [0.2, 0.25) is 0 Å². The van der Waals surface area contributed by atoms with E-state index in [1.165, 1.54) is 84.0 Å². The second-order valence-corrected chi connectivity index (χ2v) is 13.2. The molecule has 1 rings (SSSR count). The molecule has 14 nitrogen and oxygen atoms in total. The number of carbonyl (C=O) groups excluding carboxylic acids is 1. The lowest BCUT2D eigenvalue weighted by Gasteiger charge is -2.42. The van der Waals surface area contributed by atoms with Crippen LogP contribution in [0.4, 0.5) is 0 Å². The highest BCUT2D eigenvalue weighted by atomic mass is 32.3. The minimum absolute atomic E-state index is 0.269. The van der Waals surface area contributed by atoms with Crippen molar-refractivity contribution in [1.29, 1.82) is 0 Å². The lowest BCUT2D eigenvalue weighted by molar-refractivity contribution is -0.324.